The number of nitrogens with one attached hydrogen (secondary N) is 1. The molecule has 1 aliphatic carbocycles. The Balaban J connectivity index is 1.56. The number of nitrogens with zero attached hydrogens (tertiary/aromatic N) is 2. The summed E-state index contributed by atoms with van der Waals surface area (Å²) in [7, 11) is 0. The van der Waals surface area contributed by atoms with Gasteiger partial charge in [0.15, 0.2) is 5.13 Å². The molecular weight excluding hydrogens is 314 g/mol. The molecule has 6 nitrogen and oxygen atoms in total. The first-order valence-electron chi connectivity index (χ1n) is 8.06. The molecule has 1 aromatic heterocycles. The van der Waals surface area contributed by atoms with Crippen molar-refractivity contribution in [3.8, 4) is 0 Å². The lowest BCUT2D eigenvalue weighted by Gasteiger charge is -2.19. The van der Waals surface area contributed by atoms with Gasteiger partial charge >= 0.3 is 0 Å². The third-order valence-corrected chi connectivity index (χ3v) is 5.76. The van der Waals surface area contributed by atoms with E-state index in [1.54, 1.807) is 0 Å². The van der Waals surface area contributed by atoms with Crippen LogP contribution in [0.5, 0.6) is 0 Å². The van der Waals surface area contributed by atoms with E-state index >= 15 is 0 Å². The molecule has 1 N–H and O–H groups in total. The minimum atomic E-state index is -0.214. The monoisotopic (exact) mass is 335 g/mol. The largest absolute Gasteiger partial charge is 0.302 e. The number of aryl methyl sites for hydroxylation is 2. The van der Waals surface area contributed by atoms with Crippen molar-refractivity contribution in [2.24, 2.45) is 11.8 Å². The number of hydrogen-bond acceptors (Lipinski definition) is 5. The fourth-order valence-corrected chi connectivity index (χ4v) is 4.20. The Morgan fingerprint density at radius 3 is 2.35 bits per heavy atom. The third-order valence-electron chi connectivity index (χ3n) is 4.77. The third kappa shape index (κ3) is 3.15. The summed E-state index contributed by atoms with van der Waals surface area (Å²) in [5, 5.41) is 3.31. The first kappa shape index (κ1) is 16.1. The zero-order chi connectivity index (χ0) is 16.6. The summed E-state index contributed by atoms with van der Waals surface area (Å²) < 4.78 is 0. The Bertz CT molecular complexity index is 611. The van der Waals surface area contributed by atoms with Crippen LogP contribution in [0.25, 0.3) is 0 Å². The predicted molar refractivity (Wildman–Crippen MR) is 87.0 cm³/mol. The van der Waals surface area contributed by atoms with Crippen molar-refractivity contribution in [2.45, 2.75) is 46.0 Å². The molecule has 2 fully saturated rings. The van der Waals surface area contributed by atoms with Crippen LogP contribution in [0, 0.1) is 25.7 Å². The number of carbonyl (C=O) groups is 3. The Morgan fingerprint density at radius 1 is 1.22 bits per heavy atom. The van der Waals surface area contributed by atoms with Crippen LogP contribution in [0.2, 0.25) is 0 Å². The highest BCUT2D eigenvalue weighted by molar-refractivity contribution is 7.15. The van der Waals surface area contributed by atoms with Crippen molar-refractivity contribution in [2.75, 3.05) is 11.9 Å². The van der Waals surface area contributed by atoms with Gasteiger partial charge in [-0.25, -0.2) is 4.98 Å². The van der Waals surface area contributed by atoms with Crippen LogP contribution in [0.3, 0.4) is 0 Å². The van der Waals surface area contributed by atoms with Crippen molar-refractivity contribution < 1.29 is 14.4 Å². The van der Waals surface area contributed by atoms with Gasteiger partial charge < -0.3 is 5.32 Å². The standard InChI is InChI=1S/C16H21N3O3S/c1-9-10(2)23-16(17-9)18-13(20)7-8-19-14(21)11-5-3-4-6-12(11)15(19)22/h11-12H,3-8H2,1-2H3,(H,17,18,20)/t11-,12+. The van der Waals surface area contributed by atoms with Crippen LogP contribution < -0.4 is 5.32 Å². The molecule has 0 radical (unpaired) electrons. The Kier molecular flexibility index (Phi) is 4.48. The summed E-state index contributed by atoms with van der Waals surface area (Å²) in [4.78, 5) is 43.3. The van der Waals surface area contributed by atoms with E-state index in [1.165, 1.54) is 16.2 Å². The number of thiazole rings is 1. The lowest BCUT2D eigenvalue weighted by atomic mass is 9.81. The van der Waals surface area contributed by atoms with E-state index in [1.807, 2.05) is 13.8 Å². The van der Waals surface area contributed by atoms with E-state index in [2.05, 4.69) is 10.3 Å². The second kappa shape index (κ2) is 6.39. The number of aromatic nitrogens is 1. The normalized spacial score (nSPS) is 24.0. The van der Waals surface area contributed by atoms with E-state index in [-0.39, 0.29) is 42.5 Å². The van der Waals surface area contributed by atoms with E-state index < -0.39 is 0 Å². The van der Waals surface area contributed by atoms with Gasteiger partial charge in [0, 0.05) is 17.8 Å². The number of anilines is 1. The molecule has 124 valence electrons. The minimum absolute atomic E-state index is 0.0894. The van der Waals surface area contributed by atoms with E-state index in [9.17, 15) is 14.4 Å². The SMILES string of the molecule is Cc1nc(NC(=O)CCN2C(=O)[C@H]3CCCC[C@H]3C2=O)sc1C. The molecule has 3 amide bonds. The van der Waals surface area contributed by atoms with Crippen molar-refractivity contribution in [1.82, 2.24) is 9.88 Å². The molecule has 0 aromatic carbocycles. The number of rotatable bonds is 4. The van der Waals surface area contributed by atoms with Crippen molar-refractivity contribution >= 4 is 34.2 Å². The maximum Gasteiger partial charge on any atom is 0.233 e. The van der Waals surface area contributed by atoms with Gasteiger partial charge in [-0.15, -0.1) is 11.3 Å². The van der Waals surface area contributed by atoms with Gasteiger partial charge in [-0.2, -0.15) is 0 Å². The summed E-state index contributed by atoms with van der Waals surface area (Å²) in [5.41, 5.74) is 0.902. The topological polar surface area (TPSA) is 79.4 Å². The first-order valence-corrected chi connectivity index (χ1v) is 8.88. The maximum absolute atomic E-state index is 12.3. The van der Waals surface area contributed by atoms with Crippen molar-refractivity contribution in [1.29, 1.82) is 0 Å². The predicted octanol–water partition coefficient (Wildman–Crippen LogP) is 2.26. The molecule has 7 heteroatoms. The molecule has 0 unspecified atom stereocenters. The van der Waals surface area contributed by atoms with E-state index in [0.717, 1.165) is 36.3 Å². The van der Waals surface area contributed by atoms with Gasteiger partial charge in [0.1, 0.15) is 0 Å². The number of fused-ring (bicyclic) bond motifs is 1. The van der Waals surface area contributed by atoms with Crippen LogP contribution in [0.4, 0.5) is 5.13 Å². The van der Waals surface area contributed by atoms with Crippen LogP contribution in [-0.4, -0.2) is 34.2 Å². The fourth-order valence-electron chi connectivity index (χ4n) is 3.37. The van der Waals surface area contributed by atoms with Crippen LogP contribution in [0.15, 0.2) is 0 Å². The molecule has 1 saturated carbocycles. The molecule has 1 saturated heterocycles. The molecule has 0 bridgehead atoms. The smallest absolute Gasteiger partial charge is 0.233 e. The molecule has 0 spiro atoms. The van der Waals surface area contributed by atoms with Crippen molar-refractivity contribution in [3.63, 3.8) is 0 Å². The van der Waals surface area contributed by atoms with Crippen LogP contribution in [-0.2, 0) is 14.4 Å². The first-order chi connectivity index (χ1) is 11.0. The van der Waals surface area contributed by atoms with Crippen molar-refractivity contribution in [3.05, 3.63) is 10.6 Å². The second-order valence-corrected chi connectivity index (χ2v) is 7.49. The number of carbonyl (C=O) groups excluding carboxylic acids is 3. The average molecular weight is 335 g/mol. The summed E-state index contributed by atoms with van der Waals surface area (Å²) in [6, 6.07) is 0. The highest BCUT2D eigenvalue weighted by Crippen LogP contribution is 2.38. The summed E-state index contributed by atoms with van der Waals surface area (Å²) in [5.74, 6) is -0.691. The summed E-state index contributed by atoms with van der Waals surface area (Å²) in [6.45, 7) is 4.01. The molecular formula is C16H21N3O3S. The fraction of sp³-hybridized carbons (Fsp3) is 0.625. The Labute approximate surface area is 139 Å². The number of likely N-dealkylation sites (tertiary alicyclic amines) is 1. The average Bonchev–Trinajstić information content (AvgIpc) is 2.96. The Morgan fingerprint density at radius 2 is 1.83 bits per heavy atom. The van der Waals surface area contributed by atoms with E-state index in [4.69, 9.17) is 0 Å². The quantitative estimate of drug-likeness (QED) is 0.856. The lowest BCUT2D eigenvalue weighted by molar-refractivity contribution is -0.140. The maximum atomic E-state index is 12.3. The molecule has 23 heavy (non-hydrogen) atoms. The zero-order valence-corrected chi connectivity index (χ0v) is 14.2. The highest BCUT2D eigenvalue weighted by atomic mass is 32.1. The molecule has 2 aliphatic rings. The number of imide groups is 1. The van der Waals surface area contributed by atoms with Crippen LogP contribution >= 0.6 is 11.3 Å². The van der Waals surface area contributed by atoms with Gasteiger partial charge in [0.05, 0.1) is 17.5 Å². The van der Waals surface area contributed by atoms with Gasteiger partial charge in [-0.1, -0.05) is 12.8 Å². The van der Waals surface area contributed by atoms with Gasteiger partial charge in [0.2, 0.25) is 17.7 Å². The minimum Gasteiger partial charge on any atom is -0.302 e. The van der Waals surface area contributed by atoms with E-state index in [0.29, 0.717) is 5.13 Å². The van der Waals surface area contributed by atoms with Crippen LogP contribution in [0.1, 0.15) is 42.7 Å². The molecule has 1 aromatic rings. The van der Waals surface area contributed by atoms with Gasteiger partial charge in [0.25, 0.3) is 0 Å². The number of hydrogen-bond donors (Lipinski definition) is 1. The second-order valence-electron chi connectivity index (χ2n) is 6.28. The molecule has 2 heterocycles. The molecule has 2 atom stereocenters. The number of amides is 3. The summed E-state index contributed by atoms with van der Waals surface area (Å²) in [6.07, 6.45) is 3.74. The highest BCUT2D eigenvalue weighted by Gasteiger charge is 2.47. The lowest BCUT2D eigenvalue weighted by Crippen LogP contribution is -2.34. The zero-order valence-electron chi connectivity index (χ0n) is 13.4. The van der Waals surface area contributed by atoms with Gasteiger partial charge in [-0.05, 0) is 26.7 Å². The molecule has 1 aliphatic heterocycles. The molecule has 3 rings (SSSR count). The Hall–Kier alpha value is -1.76. The summed E-state index contributed by atoms with van der Waals surface area (Å²) >= 11 is 1.43. The van der Waals surface area contributed by atoms with Gasteiger partial charge in [-0.3, -0.25) is 19.3 Å².